The van der Waals surface area contributed by atoms with Crippen molar-refractivity contribution in [2.75, 3.05) is 6.61 Å². The molecule has 0 unspecified atom stereocenters. The molecule has 0 fully saturated rings. The third-order valence-corrected chi connectivity index (χ3v) is 2.76. The summed E-state index contributed by atoms with van der Waals surface area (Å²) in [5, 5.41) is 8.91. The van der Waals surface area contributed by atoms with Crippen molar-refractivity contribution in [1.29, 1.82) is 5.26 Å². The highest BCUT2D eigenvalue weighted by Gasteiger charge is 2.18. The van der Waals surface area contributed by atoms with Gasteiger partial charge in [-0.3, -0.25) is 0 Å². The van der Waals surface area contributed by atoms with Gasteiger partial charge in [0.15, 0.2) is 0 Å². The zero-order valence-electron chi connectivity index (χ0n) is 7.95. The van der Waals surface area contributed by atoms with Gasteiger partial charge in [-0.1, -0.05) is 0 Å². The molecule has 0 saturated carbocycles. The van der Waals surface area contributed by atoms with Crippen LogP contribution in [0.3, 0.4) is 0 Å². The zero-order valence-corrected chi connectivity index (χ0v) is 10.4. The van der Waals surface area contributed by atoms with Crippen molar-refractivity contribution in [2.24, 2.45) is 0 Å². The van der Waals surface area contributed by atoms with Crippen LogP contribution in [0.15, 0.2) is 21.5 Å². The molecule has 1 aromatic rings. The van der Waals surface area contributed by atoms with Crippen molar-refractivity contribution in [1.82, 2.24) is 0 Å². The van der Waals surface area contributed by atoms with Gasteiger partial charge in [-0.25, -0.2) is 4.79 Å². The molecule has 0 heterocycles. The van der Waals surface area contributed by atoms with Crippen molar-refractivity contribution < 1.29 is 9.53 Å². The molecular formula is C10H8BrNO2S. The fraction of sp³-hybridized carbons (Fsp3) is 0.200. The Kier molecular flexibility index (Phi) is 4.18. The van der Waals surface area contributed by atoms with Crippen LogP contribution < -0.4 is 0 Å². The summed E-state index contributed by atoms with van der Waals surface area (Å²) >= 11 is 7.31. The van der Waals surface area contributed by atoms with E-state index in [0.29, 0.717) is 9.37 Å². The molecule has 3 nitrogen and oxygen atoms in total. The summed E-state index contributed by atoms with van der Waals surface area (Å²) in [5.74, 6) is -0.517. The molecule has 78 valence electrons. The summed E-state index contributed by atoms with van der Waals surface area (Å²) < 4.78 is 5.39. The lowest BCUT2D eigenvalue weighted by Crippen LogP contribution is -2.08. The Morgan fingerprint density at radius 1 is 1.67 bits per heavy atom. The lowest BCUT2D eigenvalue weighted by molar-refractivity contribution is 0.0524. The molecule has 0 aliphatic rings. The molecule has 0 bridgehead atoms. The summed E-state index contributed by atoms with van der Waals surface area (Å²) in [6, 6.07) is 5.25. The molecule has 1 aromatic carbocycles. The van der Waals surface area contributed by atoms with Crippen LogP contribution in [0.1, 0.15) is 22.8 Å². The van der Waals surface area contributed by atoms with E-state index in [0.717, 1.165) is 0 Å². The molecule has 0 saturated heterocycles. The molecule has 0 atom stereocenters. The van der Waals surface area contributed by atoms with Crippen molar-refractivity contribution in [3.63, 3.8) is 0 Å². The Balaban J connectivity index is 3.33. The molecule has 0 aliphatic heterocycles. The van der Waals surface area contributed by atoms with E-state index < -0.39 is 5.97 Å². The minimum Gasteiger partial charge on any atom is -0.462 e. The summed E-state index contributed by atoms with van der Waals surface area (Å²) in [5.41, 5.74) is 0.456. The number of thiol groups is 1. The molecule has 0 amide bonds. The van der Waals surface area contributed by atoms with E-state index in [1.807, 2.05) is 6.07 Å². The highest BCUT2D eigenvalue weighted by atomic mass is 79.9. The largest absolute Gasteiger partial charge is 0.462 e. The quantitative estimate of drug-likeness (QED) is 0.672. The van der Waals surface area contributed by atoms with Crippen molar-refractivity contribution in [3.8, 4) is 6.07 Å². The Morgan fingerprint density at radius 3 is 2.87 bits per heavy atom. The van der Waals surface area contributed by atoms with E-state index in [4.69, 9.17) is 10.00 Å². The average molecular weight is 286 g/mol. The first-order valence-corrected chi connectivity index (χ1v) is 5.44. The van der Waals surface area contributed by atoms with Gasteiger partial charge < -0.3 is 4.74 Å². The van der Waals surface area contributed by atoms with Gasteiger partial charge in [0.05, 0.1) is 17.7 Å². The van der Waals surface area contributed by atoms with E-state index >= 15 is 0 Å². The van der Waals surface area contributed by atoms with Crippen LogP contribution >= 0.6 is 28.6 Å². The molecule has 0 N–H and O–H groups in total. The fourth-order valence-corrected chi connectivity index (χ4v) is 1.81. The molecule has 5 heteroatoms. The maximum absolute atomic E-state index is 11.6. The second-order valence-electron chi connectivity index (χ2n) is 2.65. The Morgan fingerprint density at radius 2 is 2.33 bits per heavy atom. The Hall–Kier alpha value is -0.990. The zero-order chi connectivity index (χ0) is 11.4. The van der Waals surface area contributed by atoms with E-state index in [1.165, 1.54) is 0 Å². The number of ether oxygens (including phenoxy) is 1. The lowest BCUT2D eigenvalue weighted by Gasteiger charge is -2.07. The predicted molar refractivity (Wildman–Crippen MR) is 62.1 cm³/mol. The van der Waals surface area contributed by atoms with Crippen LogP contribution in [0.2, 0.25) is 0 Å². The van der Waals surface area contributed by atoms with Crippen LogP contribution in [0.25, 0.3) is 0 Å². The van der Waals surface area contributed by atoms with E-state index in [2.05, 4.69) is 28.6 Å². The van der Waals surface area contributed by atoms with Gasteiger partial charge in [-0.15, -0.1) is 12.6 Å². The fourth-order valence-electron chi connectivity index (χ4n) is 1.08. The molecule has 0 aliphatic carbocycles. The molecule has 0 radical (unpaired) electrons. The van der Waals surface area contributed by atoms with Gasteiger partial charge in [0.1, 0.15) is 6.07 Å². The van der Waals surface area contributed by atoms with Gasteiger partial charge in [-0.05, 0) is 35.0 Å². The number of hydrogen-bond donors (Lipinski definition) is 1. The topological polar surface area (TPSA) is 50.1 Å². The van der Waals surface area contributed by atoms with Crippen LogP contribution in [0, 0.1) is 11.3 Å². The minimum absolute atomic E-state index is 0.228. The third-order valence-electron chi connectivity index (χ3n) is 1.72. The number of benzene rings is 1. The van der Waals surface area contributed by atoms with E-state index in [1.54, 1.807) is 19.1 Å². The highest BCUT2D eigenvalue weighted by molar-refractivity contribution is 9.10. The predicted octanol–water partition coefficient (Wildman–Crippen LogP) is 2.79. The average Bonchev–Trinajstić information content (AvgIpc) is 2.21. The van der Waals surface area contributed by atoms with E-state index in [-0.39, 0.29) is 17.7 Å². The number of halogens is 1. The number of carbonyl (C=O) groups is 1. The monoisotopic (exact) mass is 285 g/mol. The number of nitriles is 1. The minimum atomic E-state index is -0.517. The molecular weight excluding hydrogens is 278 g/mol. The standard InChI is InChI=1S/C10H8BrNO2S/c1-2-14-10(13)9-6(5-12)8(15)4-3-7(9)11/h3-4,15H,2H2,1H3. The number of rotatable bonds is 2. The summed E-state index contributed by atoms with van der Waals surface area (Å²) in [6.07, 6.45) is 0. The highest BCUT2D eigenvalue weighted by Crippen LogP contribution is 2.26. The number of carbonyl (C=O) groups excluding carboxylic acids is 1. The normalized spacial score (nSPS) is 9.47. The second-order valence-corrected chi connectivity index (χ2v) is 3.98. The van der Waals surface area contributed by atoms with Crippen molar-refractivity contribution in [3.05, 3.63) is 27.7 Å². The van der Waals surface area contributed by atoms with Gasteiger partial charge >= 0.3 is 5.97 Å². The SMILES string of the molecule is CCOC(=O)c1c(Br)ccc(S)c1C#N. The van der Waals surface area contributed by atoms with Crippen LogP contribution in [0.4, 0.5) is 0 Å². The maximum Gasteiger partial charge on any atom is 0.340 e. The number of hydrogen-bond acceptors (Lipinski definition) is 4. The summed E-state index contributed by atoms with van der Waals surface area (Å²) in [7, 11) is 0. The van der Waals surface area contributed by atoms with Crippen LogP contribution in [-0.4, -0.2) is 12.6 Å². The van der Waals surface area contributed by atoms with Gasteiger partial charge in [-0.2, -0.15) is 5.26 Å². The summed E-state index contributed by atoms with van der Waals surface area (Å²) in [4.78, 5) is 12.0. The van der Waals surface area contributed by atoms with Crippen LogP contribution in [0.5, 0.6) is 0 Å². The molecule has 0 aromatic heterocycles. The Bertz CT molecular complexity index is 440. The third kappa shape index (κ3) is 2.52. The van der Waals surface area contributed by atoms with E-state index in [9.17, 15) is 4.79 Å². The smallest absolute Gasteiger partial charge is 0.340 e. The number of nitrogens with zero attached hydrogens (tertiary/aromatic N) is 1. The van der Waals surface area contributed by atoms with Gasteiger partial charge in [0.25, 0.3) is 0 Å². The Labute approximate surface area is 102 Å². The molecule has 1 rings (SSSR count). The molecule has 15 heavy (non-hydrogen) atoms. The van der Waals surface area contributed by atoms with Gasteiger partial charge in [0.2, 0.25) is 0 Å². The molecule has 0 spiro atoms. The van der Waals surface area contributed by atoms with Crippen molar-refractivity contribution >= 4 is 34.5 Å². The number of esters is 1. The second kappa shape index (κ2) is 5.19. The van der Waals surface area contributed by atoms with Crippen molar-refractivity contribution in [2.45, 2.75) is 11.8 Å². The maximum atomic E-state index is 11.6. The first kappa shape index (κ1) is 12.1. The first-order valence-electron chi connectivity index (χ1n) is 4.20. The first-order chi connectivity index (χ1) is 7.11. The van der Waals surface area contributed by atoms with Gasteiger partial charge in [0, 0.05) is 9.37 Å². The summed E-state index contributed by atoms with van der Waals surface area (Å²) in [6.45, 7) is 1.98. The van der Waals surface area contributed by atoms with Crippen LogP contribution in [-0.2, 0) is 4.74 Å². The lowest BCUT2D eigenvalue weighted by atomic mass is 10.1.